The Morgan fingerprint density at radius 2 is 1.93 bits per heavy atom. The van der Waals surface area contributed by atoms with Gasteiger partial charge in [-0.15, -0.1) is 0 Å². The molecule has 1 aromatic rings. The molecular weight excluding hydrogens is 192 g/mol. The summed E-state index contributed by atoms with van der Waals surface area (Å²) in [5, 5.41) is 18.1. The molecule has 1 radical (unpaired) electrons. The molecule has 1 atom stereocenters. The minimum absolute atomic E-state index is 0.00927. The highest BCUT2D eigenvalue weighted by Gasteiger charge is 2.13. The number of rotatable bonds is 5. The number of hydrogen-bond donors (Lipinski definition) is 2. The van der Waals surface area contributed by atoms with Gasteiger partial charge in [0, 0.05) is 6.42 Å². The Hall–Kier alpha value is -1.06. The van der Waals surface area contributed by atoms with E-state index >= 15 is 0 Å². The molecule has 1 unspecified atom stereocenters. The summed E-state index contributed by atoms with van der Waals surface area (Å²) in [4.78, 5) is 0. The van der Waals surface area contributed by atoms with Crippen LogP contribution in [0.3, 0.4) is 0 Å². The van der Waals surface area contributed by atoms with Crippen molar-refractivity contribution in [2.45, 2.75) is 18.9 Å². The van der Waals surface area contributed by atoms with Crippen molar-refractivity contribution >= 4 is 0 Å². The van der Waals surface area contributed by atoms with Gasteiger partial charge in [0.25, 0.3) is 0 Å². The molecule has 3 nitrogen and oxygen atoms in total. The third-order valence-electron chi connectivity index (χ3n) is 1.87. The van der Waals surface area contributed by atoms with Crippen molar-refractivity contribution in [3.63, 3.8) is 0 Å². The Kier molecular flexibility index (Phi) is 4.12. The molecule has 0 heterocycles. The van der Waals surface area contributed by atoms with Crippen LogP contribution in [0.5, 0.6) is 5.75 Å². The number of hydrogen-bond acceptors (Lipinski definition) is 3. The van der Waals surface area contributed by atoms with Crippen LogP contribution in [0.1, 0.15) is 12.5 Å². The molecule has 0 bridgehead atoms. The summed E-state index contributed by atoms with van der Waals surface area (Å²) in [6, 6.07) is 7.40. The average molecular weight is 209 g/mol. The first-order valence-corrected chi connectivity index (χ1v) is 4.91. The maximum atomic E-state index is 9.51. The van der Waals surface area contributed by atoms with E-state index in [1.807, 2.05) is 24.3 Å². The highest BCUT2D eigenvalue weighted by molar-refractivity contribution is 5.28. The lowest BCUT2D eigenvalue weighted by molar-refractivity contribution is 0.109. The summed E-state index contributed by atoms with van der Waals surface area (Å²) in [5.74, 6) is 0.719. The zero-order valence-corrected chi connectivity index (χ0v) is 8.94. The lowest BCUT2D eigenvalue weighted by Gasteiger charge is -2.16. The molecule has 0 aliphatic heterocycles. The van der Waals surface area contributed by atoms with Gasteiger partial charge in [-0.05, 0) is 31.5 Å². The van der Waals surface area contributed by atoms with E-state index in [9.17, 15) is 5.11 Å². The lowest BCUT2D eigenvalue weighted by Crippen LogP contribution is -2.22. The topological polar surface area (TPSA) is 49.7 Å². The van der Waals surface area contributed by atoms with Crippen LogP contribution in [0.15, 0.2) is 24.3 Å². The van der Waals surface area contributed by atoms with Gasteiger partial charge in [0.15, 0.2) is 0 Å². The van der Waals surface area contributed by atoms with Crippen LogP contribution in [-0.2, 0) is 6.42 Å². The van der Waals surface area contributed by atoms with Gasteiger partial charge < -0.3 is 14.9 Å². The second kappa shape index (κ2) is 5.14. The fourth-order valence-electron chi connectivity index (χ4n) is 1.31. The van der Waals surface area contributed by atoms with Gasteiger partial charge in [-0.3, -0.25) is 0 Å². The van der Waals surface area contributed by atoms with E-state index in [0.717, 1.165) is 11.3 Å². The molecular formula is C12H17O3. The third-order valence-corrected chi connectivity index (χ3v) is 1.87. The Morgan fingerprint density at radius 3 is 2.40 bits per heavy atom. The molecule has 1 rings (SSSR count). The molecule has 15 heavy (non-hydrogen) atoms. The van der Waals surface area contributed by atoms with Crippen molar-refractivity contribution in [2.75, 3.05) is 13.2 Å². The van der Waals surface area contributed by atoms with E-state index in [1.54, 1.807) is 6.92 Å². The molecule has 0 aliphatic carbocycles. The average Bonchev–Trinajstić information content (AvgIpc) is 2.14. The van der Waals surface area contributed by atoms with Gasteiger partial charge >= 0.3 is 0 Å². The summed E-state index contributed by atoms with van der Waals surface area (Å²) in [6.45, 7) is 5.61. The van der Waals surface area contributed by atoms with Crippen LogP contribution in [0.4, 0.5) is 0 Å². The molecule has 0 saturated carbocycles. The molecule has 1 aromatic carbocycles. The van der Waals surface area contributed by atoms with Crippen LogP contribution >= 0.6 is 0 Å². The quantitative estimate of drug-likeness (QED) is 0.765. The lowest BCUT2D eigenvalue weighted by atomic mass is 9.99. The van der Waals surface area contributed by atoms with Crippen LogP contribution in [0.2, 0.25) is 0 Å². The maximum Gasteiger partial charge on any atom is 0.119 e. The highest BCUT2D eigenvalue weighted by atomic mass is 16.5. The molecule has 3 heteroatoms. The van der Waals surface area contributed by atoms with Crippen LogP contribution in [0.25, 0.3) is 0 Å². The SMILES string of the molecule is [CH2]C(C)(O)Cc1ccc(OCCO)cc1. The fourth-order valence-corrected chi connectivity index (χ4v) is 1.31. The van der Waals surface area contributed by atoms with E-state index in [0.29, 0.717) is 13.0 Å². The largest absolute Gasteiger partial charge is 0.491 e. The van der Waals surface area contributed by atoms with E-state index in [1.165, 1.54) is 0 Å². The molecule has 0 spiro atoms. The fraction of sp³-hybridized carbons (Fsp3) is 0.417. The minimum Gasteiger partial charge on any atom is -0.491 e. The zero-order valence-electron chi connectivity index (χ0n) is 8.94. The normalized spacial score (nSPS) is 11.5. The Morgan fingerprint density at radius 1 is 1.33 bits per heavy atom. The van der Waals surface area contributed by atoms with E-state index < -0.39 is 5.60 Å². The Balaban J connectivity index is 2.56. The molecule has 0 fully saturated rings. The highest BCUT2D eigenvalue weighted by Crippen LogP contribution is 2.16. The third kappa shape index (κ3) is 4.81. The summed E-state index contributed by atoms with van der Waals surface area (Å²) >= 11 is 0. The second-order valence-corrected chi connectivity index (χ2v) is 3.89. The number of benzene rings is 1. The van der Waals surface area contributed by atoms with Crippen LogP contribution in [0, 0.1) is 6.92 Å². The first-order valence-electron chi connectivity index (χ1n) is 4.91. The van der Waals surface area contributed by atoms with Crippen molar-refractivity contribution in [2.24, 2.45) is 0 Å². The first-order chi connectivity index (χ1) is 7.01. The maximum absolute atomic E-state index is 9.51. The molecule has 2 N–H and O–H groups in total. The summed E-state index contributed by atoms with van der Waals surface area (Å²) < 4.78 is 5.21. The molecule has 0 saturated heterocycles. The summed E-state index contributed by atoms with van der Waals surface area (Å²) in [5.41, 5.74) is 0.0688. The van der Waals surface area contributed by atoms with Crippen LogP contribution in [-0.4, -0.2) is 29.0 Å². The van der Waals surface area contributed by atoms with E-state index in [4.69, 9.17) is 9.84 Å². The van der Waals surface area contributed by atoms with Gasteiger partial charge in [-0.2, -0.15) is 0 Å². The predicted octanol–water partition coefficient (Wildman–Crippen LogP) is 1.19. The van der Waals surface area contributed by atoms with Gasteiger partial charge in [-0.25, -0.2) is 0 Å². The second-order valence-electron chi connectivity index (χ2n) is 3.89. The van der Waals surface area contributed by atoms with Crippen LogP contribution < -0.4 is 4.74 Å². The summed E-state index contributed by atoms with van der Waals surface area (Å²) in [7, 11) is 0. The van der Waals surface area contributed by atoms with Crippen molar-refractivity contribution in [1.82, 2.24) is 0 Å². The predicted molar refractivity (Wildman–Crippen MR) is 58.7 cm³/mol. The number of aliphatic hydroxyl groups is 2. The van der Waals surface area contributed by atoms with Crippen molar-refractivity contribution < 1.29 is 14.9 Å². The number of ether oxygens (including phenoxy) is 1. The monoisotopic (exact) mass is 209 g/mol. The first kappa shape index (κ1) is 12.0. The van der Waals surface area contributed by atoms with Crippen molar-refractivity contribution in [3.8, 4) is 5.75 Å². The standard InChI is InChI=1S/C12H17O3/c1-12(2,14)9-10-3-5-11(6-4-10)15-8-7-13/h3-6,13-14H,1,7-9H2,2H3. The van der Waals surface area contributed by atoms with Gasteiger partial charge in [0.2, 0.25) is 0 Å². The Labute approximate surface area is 90.3 Å². The van der Waals surface area contributed by atoms with Crippen molar-refractivity contribution in [3.05, 3.63) is 36.8 Å². The van der Waals surface area contributed by atoms with Gasteiger partial charge in [0.05, 0.1) is 12.2 Å². The zero-order chi connectivity index (χ0) is 11.3. The molecule has 0 amide bonds. The molecule has 83 valence electrons. The smallest absolute Gasteiger partial charge is 0.119 e. The van der Waals surface area contributed by atoms with Crippen molar-refractivity contribution in [1.29, 1.82) is 0 Å². The van der Waals surface area contributed by atoms with E-state index in [2.05, 4.69) is 6.92 Å². The number of aliphatic hydroxyl groups excluding tert-OH is 1. The minimum atomic E-state index is -0.937. The summed E-state index contributed by atoms with van der Waals surface area (Å²) in [6.07, 6.45) is 0.507. The van der Waals surface area contributed by atoms with Gasteiger partial charge in [-0.1, -0.05) is 12.1 Å². The molecule has 0 aromatic heterocycles. The Bertz CT molecular complexity index is 285. The van der Waals surface area contributed by atoms with E-state index in [-0.39, 0.29) is 6.61 Å². The molecule has 0 aliphatic rings. The van der Waals surface area contributed by atoms with Gasteiger partial charge in [0.1, 0.15) is 12.4 Å².